The molecule has 2 aromatic rings. The number of benzene rings is 1. The first-order chi connectivity index (χ1) is 7.61. The number of hydrogen-bond donors (Lipinski definition) is 1. The fraction of sp³-hybridized carbons (Fsp3) is 0.167. The molecule has 1 aromatic carbocycles. The van der Waals surface area contributed by atoms with E-state index in [1.54, 1.807) is 13.2 Å². The molecule has 0 saturated heterocycles. The summed E-state index contributed by atoms with van der Waals surface area (Å²) < 4.78 is 18.4. The summed E-state index contributed by atoms with van der Waals surface area (Å²) >= 11 is 1.49. The topological polar surface area (TPSA) is 35.2 Å². The van der Waals surface area contributed by atoms with Crippen molar-refractivity contribution >= 4 is 16.3 Å². The van der Waals surface area contributed by atoms with Crippen molar-refractivity contribution in [2.45, 2.75) is 6.92 Å². The zero-order valence-corrected chi connectivity index (χ0v) is 9.90. The van der Waals surface area contributed by atoms with Crippen LogP contribution in [0.25, 0.3) is 11.1 Å². The molecule has 0 saturated carbocycles. The van der Waals surface area contributed by atoms with Crippen LogP contribution in [0.3, 0.4) is 0 Å². The van der Waals surface area contributed by atoms with E-state index in [4.69, 9.17) is 10.5 Å². The minimum absolute atomic E-state index is 0.278. The number of methoxy groups -OCH3 is 1. The number of rotatable bonds is 2. The van der Waals surface area contributed by atoms with Crippen LogP contribution < -0.4 is 10.5 Å². The highest BCUT2D eigenvalue weighted by Crippen LogP contribution is 2.37. The van der Waals surface area contributed by atoms with Crippen LogP contribution in [0.2, 0.25) is 0 Å². The second-order valence-corrected chi connectivity index (χ2v) is 4.75. The van der Waals surface area contributed by atoms with Gasteiger partial charge in [0.05, 0.1) is 12.1 Å². The Morgan fingerprint density at radius 2 is 2.00 bits per heavy atom. The lowest BCUT2D eigenvalue weighted by Crippen LogP contribution is -1.89. The number of ether oxygens (including phenoxy) is 1. The van der Waals surface area contributed by atoms with Crippen molar-refractivity contribution in [3.63, 3.8) is 0 Å². The third-order valence-electron chi connectivity index (χ3n) is 2.39. The highest BCUT2D eigenvalue weighted by atomic mass is 32.1. The number of halogens is 1. The zero-order valence-electron chi connectivity index (χ0n) is 9.08. The van der Waals surface area contributed by atoms with Crippen molar-refractivity contribution < 1.29 is 9.13 Å². The van der Waals surface area contributed by atoms with Crippen molar-refractivity contribution in [2.24, 2.45) is 0 Å². The molecule has 0 radical (unpaired) electrons. The van der Waals surface area contributed by atoms with E-state index in [9.17, 15) is 4.39 Å². The Kier molecular flexibility index (Phi) is 2.83. The zero-order chi connectivity index (χ0) is 11.7. The molecular weight excluding hydrogens is 225 g/mol. The summed E-state index contributed by atoms with van der Waals surface area (Å²) in [5, 5.41) is 0.721. The molecule has 2 nitrogen and oxygen atoms in total. The molecule has 0 bridgehead atoms. The number of anilines is 1. The Balaban J connectivity index is 2.62. The van der Waals surface area contributed by atoms with Crippen LogP contribution >= 0.6 is 11.3 Å². The van der Waals surface area contributed by atoms with E-state index in [1.807, 2.05) is 13.0 Å². The Bertz CT molecular complexity index is 522. The Morgan fingerprint density at radius 3 is 2.56 bits per heavy atom. The molecule has 1 heterocycles. The molecule has 0 amide bonds. The van der Waals surface area contributed by atoms with E-state index >= 15 is 0 Å². The molecule has 2 N–H and O–H groups in total. The van der Waals surface area contributed by atoms with Crippen LogP contribution in [0, 0.1) is 12.7 Å². The lowest BCUT2D eigenvalue weighted by molar-refractivity contribution is 0.415. The third kappa shape index (κ3) is 1.88. The number of hydrogen-bond acceptors (Lipinski definition) is 3. The van der Waals surface area contributed by atoms with Gasteiger partial charge < -0.3 is 10.5 Å². The summed E-state index contributed by atoms with van der Waals surface area (Å²) in [6, 6.07) is 6.32. The van der Waals surface area contributed by atoms with Gasteiger partial charge in [-0.2, -0.15) is 0 Å². The van der Waals surface area contributed by atoms with Crippen LogP contribution in [-0.4, -0.2) is 7.11 Å². The molecule has 0 aliphatic carbocycles. The second-order valence-electron chi connectivity index (χ2n) is 3.46. The highest BCUT2D eigenvalue weighted by molar-refractivity contribution is 7.16. The van der Waals surface area contributed by atoms with Crippen molar-refractivity contribution in [2.75, 3.05) is 12.8 Å². The SMILES string of the molecule is COc1ccc(F)cc1-c1cc(N)sc1C. The average Bonchev–Trinajstić information content (AvgIpc) is 2.57. The first-order valence-electron chi connectivity index (χ1n) is 4.81. The summed E-state index contributed by atoms with van der Waals surface area (Å²) in [6.45, 7) is 1.96. The van der Waals surface area contributed by atoms with Crippen LogP contribution in [0.1, 0.15) is 4.88 Å². The first kappa shape index (κ1) is 11.0. The van der Waals surface area contributed by atoms with E-state index in [2.05, 4.69) is 0 Å². The molecule has 0 spiro atoms. The molecule has 16 heavy (non-hydrogen) atoms. The van der Waals surface area contributed by atoms with Gasteiger partial charge >= 0.3 is 0 Å². The van der Waals surface area contributed by atoms with Crippen LogP contribution in [0.15, 0.2) is 24.3 Å². The third-order valence-corrected chi connectivity index (χ3v) is 3.27. The predicted molar refractivity (Wildman–Crippen MR) is 65.4 cm³/mol. The normalized spacial score (nSPS) is 10.4. The summed E-state index contributed by atoms with van der Waals surface area (Å²) in [6.07, 6.45) is 0. The second kappa shape index (κ2) is 4.14. The summed E-state index contributed by atoms with van der Waals surface area (Å²) in [7, 11) is 1.57. The molecule has 0 fully saturated rings. The number of nitrogen functional groups attached to an aromatic ring is 1. The maximum atomic E-state index is 13.2. The maximum absolute atomic E-state index is 13.2. The molecule has 0 atom stereocenters. The molecule has 84 valence electrons. The van der Waals surface area contributed by atoms with Gasteiger partial charge in [-0.3, -0.25) is 0 Å². The van der Waals surface area contributed by atoms with E-state index in [0.29, 0.717) is 5.75 Å². The van der Waals surface area contributed by atoms with E-state index in [0.717, 1.165) is 21.0 Å². The van der Waals surface area contributed by atoms with E-state index < -0.39 is 0 Å². The van der Waals surface area contributed by atoms with Gasteiger partial charge in [-0.05, 0) is 31.2 Å². The predicted octanol–water partition coefficient (Wildman–Crippen LogP) is 3.45. The molecule has 2 rings (SSSR count). The van der Waals surface area contributed by atoms with Gasteiger partial charge in [-0.15, -0.1) is 11.3 Å². The Morgan fingerprint density at radius 1 is 1.25 bits per heavy atom. The minimum Gasteiger partial charge on any atom is -0.496 e. The highest BCUT2D eigenvalue weighted by Gasteiger charge is 2.12. The minimum atomic E-state index is -0.278. The van der Waals surface area contributed by atoms with E-state index in [-0.39, 0.29) is 5.82 Å². The number of aryl methyl sites for hydroxylation is 1. The van der Waals surface area contributed by atoms with Gasteiger partial charge in [0.15, 0.2) is 0 Å². The number of thiophene rings is 1. The van der Waals surface area contributed by atoms with E-state index in [1.165, 1.54) is 23.5 Å². The molecule has 0 aliphatic rings. The average molecular weight is 237 g/mol. The standard InChI is InChI=1S/C12H12FNOS/c1-7-9(6-12(14)16-7)10-5-8(13)3-4-11(10)15-2/h3-6H,14H2,1-2H3. The maximum Gasteiger partial charge on any atom is 0.126 e. The van der Waals surface area contributed by atoms with Crippen LogP contribution in [-0.2, 0) is 0 Å². The van der Waals surface area contributed by atoms with Gasteiger partial charge in [0.25, 0.3) is 0 Å². The fourth-order valence-electron chi connectivity index (χ4n) is 1.66. The largest absolute Gasteiger partial charge is 0.496 e. The fourth-order valence-corrected chi connectivity index (χ4v) is 2.47. The van der Waals surface area contributed by atoms with Gasteiger partial charge in [0.1, 0.15) is 11.6 Å². The van der Waals surface area contributed by atoms with Crippen LogP contribution in [0.4, 0.5) is 9.39 Å². The van der Waals surface area contributed by atoms with Gasteiger partial charge in [0.2, 0.25) is 0 Å². The van der Waals surface area contributed by atoms with Gasteiger partial charge in [-0.25, -0.2) is 4.39 Å². The quantitative estimate of drug-likeness (QED) is 0.868. The van der Waals surface area contributed by atoms with Crippen LogP contribution in [0.5, 0.6) is 5.75 Å². The van der Waals surface area contributed by atoms with Crippen molar-refractivity contribution in [3.8, 4) is 16.9 Å². The van der Waals surface area contributed by atoms with Gasteiger partial charge in [0, 0.05) is 16.0 Å². The Labute approximate surface area is 97.5 Å². The lowest BCUT2D eigenvalue weighted by Gasteiger charge is -2.07. The van der Waals surface area contributed by atoms with Crippen molar-refractivity contribution in [1.29, 1.82) is 0 Å². The first-order valence-corrected chi connectivity index (χ1v) is 5.63. The summed E-state index contributed by atoms with van der Waals surface area (Å²) in [5.41, 5.74) is 7.40. The molecule has 0 aliphatic heterocycles. The summed E-state index contributed by atoms with van der Waals surface area (Å²) in [5.74, 6) is 0.377. The molecule has 0 unspecified atom stereocenters. The number of nitrogens with two attached hydrogens (primary N) is 1. The lowest BCUT2D eigenvalue weighted by atomic mass is 10.1. The molecule has 1 aromatic heterocycles. The molecular formula is C12H12FNOS. The monoisotopic (exact) mass is 237 g/mol. The van der Waals surface area contributed by atoms with Crippen molar-refractivity contribution in [3.05, 3.63) is 35.0 Å². The summed E-state index contributed by atoms with van der Waals surface area (Å²) in [4.78, 5) is 1.06. The smallest absolute Gasteiger partial charge is 0.126 e. The Hall–Kier alpha value is -1.55. The van der Waals surface area contributed by atoms with Gasteiger partial charge in [-0.1, -0.05) is 0 Å². The molecule has 4 heteroatoms. The van der Waals surface area contributed by atoms with Crippen molar-refractivity contribution in [1.82, 2.24) is 0 Å².